The van der Waals surface area contributed by atoms with E-state index in [-0.39, 0.29) is 39.8 Å². The van der Waals surface area contributed by atoms with Crippen LogP contribution in [0.5, 0.6) is 11.8 Å². The number of aliphatic imine (C=N–C) groups is 1. The number of aliphatic hydroxyl groups is 4. The Labute approximate surface area is 511 Å². The van der Waals surface area contributed by atoms with Crippen LogP contribution in [0, 0.1) is 0 Å². The summed E-state index contributed by atoms with van der Waals surface area (Å²) < 4.78 is 22.2. The number of amides is 3. The molecule has 2 aliphatic heterocycles. The van der Waals surface area contributed by atoms with E-state index in [2.05, 4.69) is 96.8 Å². The normalized spacial score (nSPS) is 19.2. The first-order valence-electron chi connectivity index (χ1n) is 26.3. The molecule has 8 atom stereocenters. The van der Waals surface area contributed by atoms with E-state index in [4.69, 9.17) is 20.9 Å². The lowest BCUT2D eigenvalue weighted by molar-refractivity contribution is -0.0357. The van der Waals surface area contributed by atoms with Crippen LogP contribution in [0.1, 0.15) is 74.9 Å². The molecule has 46 nitrogen and oxygen atoms in total. The number of carbonyl (C=O) groups excluding carboxylic acids is 3. The van der Waals surface area contributed by atoms with Crippen molar-refractivity contribution < 1.29 is 59.3 Å². The number of fused-ring (bicyclic) bond motifs is 4. The fourth-order valence-electron chi connectivity index (χ4n) is 8.13. The SMILES string of the molecule is CN=Cc1ncn2c(=O)n(C)nnc12.CNC(=O)c1ncn2c(=O)n(C)nnc12.CNCc1ncn2c(=O)n(C)nnc12.CO/N=C\c1ncn2c(=O)n(C)nnc12.C[C@H]1O[C@@H](n2cnc(C(N)=O)c2O)[C@H](O)[C@@H]1O.C[C@H]1O[C@@H](n2cnc(C(N)=O)c2O)[C@H](O)[C@@H]1O. The van der Waals surface area contributed by atoms with Gasteiger partial charge in [-0.05, 0) is 20.9 Å². The third kappa shape index (κ3) is 14.1. The summed E-state index contributed by atoms with van der Waals surface area (Å²) in [6.45, 7) is 3.73. The van der Waals surface area contributed by atoms with Gasteiger partial charge in [-0.2, -0.15) is 18.7 Å². The molecule has 10 aromatic heterocycles. The van der Waals surface area contributed by atoms with Crippen LogP contribution in [0.25, 0.3) is 22.6 Å². The Bertz CT molecular complexity index is 4510. The summed E-state index contributed by atoms with van der Waals surface area (Å²) in [5.74, 6) is -3.17. The van der Waals surface area contributed by atoms with Crippen molar-refractivity contribution in [3.63, 3.8) is 0 Å². The molecule has 2 saturated heterocycles. The van der Waals surface area contributed by atoms with Crippen molar-refractivity contribution >= 4 is 52.7 Å². The summed E-state index contributed by atoms with van der Waals surface area (Å²) in [5.41, 5.74) is 11.3. The zero-order chi connectivity index (χ0) is 67.6. The summed E-state index contributed by atoms with van der Waals surface area (Å²) in [7, 11) is 12.4. The number of aromatic hydroxyl groups is 2. The maximum Gasteiger partial charge on any atom is 0.352 e. The molecule has 0 radical (unpaired) electrons. The summed E-state index contributed by atoms with van der Waals surface area (Å²) in [6.07, 6.45) is 2.86. The van der Waals surface area contributed by atoms with Gasteiger partial charge < -0.3 is 67.1 Å². The fourth-order valence-corrected chi connectivity index (χ4v) is 8.13. The minimum Gasteiger partial charge on any atom is -0.493 e. The number of hydrogen-bond acceptors (Lipinski definition) is 33. The number of aliphatic hydroxyl groups excluding tert-OH is 4. The molecule has 12 heterocycles. The number of carbonyl (C=O) groups is 3. The number of oxime groups is 1. The maximum atomic E-state index is 11.5. The molecule has 0 aliphatic carbocycles. The van der Waals surface area contributed by atoms with Crippen LogP contribution in [-0.2, 0) is 49.0 Å². The first-order chi connectivity index (χ1) is 43.7. The van der Waals surface area contributed by atoms with Gasteiger partial charge in [0.1, 0.15) is 86.6 Å². The van der Waals surface area contributed by atoms with Crippen LogP contribution in [0.3, 0.4) is 0 Å². The molecule has 10 aromatic rings. The molecule has 2 aliphatic rings. The van der Waals surface area contributed by atoms with Crippen molar-refractivity contribution in [2.75, 3.05) is 28.3 Å². The maximum absolute atomic E-state index is 11.5. The average molecular weight is 1290 g/mol. The van der Waals surface area contributed by atoms with E-state index in [9.17, 15) is 64.2 Å². The number of nitrogens with one attached hydrogen (secondary N) is 2. The van der Waals surface area contributed by atoms with E-state index in [1.807, 2.05) is 0 Å². The largest absolute Gasteiger partial charge is 0.493 e. The molecular weight excluding hydrogens is 1230 g/mol. The van der Waals surface area contributed by atoms with Gasteiger partial charge in [-0.25, -0.2) is 66.7 Å². The van der Waals surface area contributed by atoms with E-state index in [0.717, 1.165) is 50.6 Å². The Kier molecular flexibility index (Phi) is 21.5. The monoisotopic (exact) mass is 1290 g/mol. The van der Waals surface area contributed by atoms with Gasteiger partial charge in [-0.3, -0.25) is 28.5 Å². The summed E-state index contributed by atoms with van der Waals surface area (Å²) in [4.78, 5) is 110. The van der Waals surface area contributed by atoms with E-state index in [1.54, 1.807) is 35.0 Å². The van der Waals surface area contributed by atoms with Crippen LogP contribution in [0.2, 0.25) is 0 Å². The topological polar surface area (TPSA) is 597 Å². The first-order valence-corrected chi connectivity index (χ1v) is 26.3. The second kappa shape index (κ2) is 29.2. The van der Waals surface area contributed by atoms with Gasteiger partial charge in [-0.15, -0.1) is 20.4 Å². The average Bonchev–Trinajstić information content (AvgIpc) is 1.70. The lowest BCUT2D eigenvalue weighted by Gasteiger charge is -2.16. The number of nitrogens with zero attached hydrogens (tertiary/aromatic N) is 26. The second-order valence-electron chi connectivity index (χ2n) is 19.0. The van der Waals surface area contributed by atoms with Crippen molar-refractivity contribution in [2.45, 2.75) is 69.5 Å². The van der Waals surface area contributed by atoms with Crippen LogP contribution in [0.4, 0.5) is 0 Å². The number of hydrogen-bond donors (Lipinski definition) is 10. The van der Waals surface area contributed by atoms with Crippen LogP contribution in [0.15, 0.2) is 67.3 Å². The Morgan fingerprint density at radius 3 is 1.30 bits per heavy atom. The quantitative estimate of drug-likeness (QED) is 0.0449. The lowest BCUT2D eigenvalue weighted by Crippen LogP contribution is -2.30. The number of primary amides is 2. The van der Waals surface area contributed by atoms with Crippen molar-refractivity contribution in [1.82, 2.24) is 127 Å². The van der Waals surface area contributed by atoms with Crippen molar-refractivity contribution in [3.05, 3.63) is 114 Å². The summed E-state index contributed by atoms with van der Waals surface area (Å²) in [5, 5.41) is 96.5. The number of nitrogens with two attached hydrogens (primary N) is 2. The molecule has 0 saturated carbocycles. The van der Waals surface area contributed by atoms with Crippen molar-refractivity contribution in [3.8, 4) is 11.8 Å². The molecule has 92 heavy (non-hydrogen) atoms. The number of aryl methyl sites for hydroxylation is 4. The van der Waals surface area contributed by atoms with Crippen molar-refractivity contribution in [1.29, 1.82) is 0 Å². The molecule has 490 valence electrons. The number of aromatic nitrogens is 24. The molecule has 0 spiro atoms. The Balaban J connectivity index is 0.000000157. The molecule has 0 bridgehead atoms. The number of rotatable bonds is 10. The minimum absolute atomic E-state index is 0.0858. The predicted octanol–water partition coefficient (Wildman–Crippen LogP) is -8.95. The Hall–Kier alpha value is -11.6. The molecule has 2 fully saturated rings. The molecule has 46 heteroatoms. The van der Waals surface area contributed by atoms with Gasteiger partial charge in [0, 0.05) is 48.8 Å². The number of ether oxygens (including phenoxy) is 2. The second-order valence-corrected chi connectivity index (χ2v) is 19.0. The summed E-state index contributed by atoms with van der Waals surface area (Å²) in [6, 6.07) is 0. The molecule has 3 amide bonds. The van der Waals surface area contributed by atoms with E-state index >= 15 is 0 Å². The highest BCUT2D eigenvalue weighted by Crippen LogP contribution is 2.34. The van der Waals surface area contributed by atoms with E-state index in [0.29, 0.717) is 34.9 Å². The Morgan fingerprint density at radius 2 is 0.935 bits per heavy atom. The first kappa shape index (κ1) is 67.9. The van der Waals surface area contributed by atoms with Crippen LogP contribution >= 0.6 is 0 Å². The molecule has 12 N–H and O–H groups in total. The summed E-state index contributed by atoms with van der Waals surface area (Å²) >= 11 is 0. The minimum atomic E-state index is -1.22. The predicted molar refractivity (Wildman–Crippen MR) is 306 cm³/mol. The smallest absolute Gasteiger partial charge is 0.352 e. The van der Waals surface area contributed by atoms with Gasteiger partial charge in [0.2, 0.25) is 11.8 Å². The lowest BCUT2D eigenvalue weighted by atomic mass is 10.1. The van der Waals surface area contributed by atoms with E-state index in [1.165, 1.54) is 86.2 Å². The molecule has 12 rings (SSSR count). The zero-order valence-electron chi connectivity index (χ0n) is 50.0. The van der Waals surface area contributed by atoms with Crippen LogP contribution < -0.4 is 44.9 Å². The highest BCUT2D eigenvalue weighted by molar-refractivity contribution is 5.97. The Morgan fingerprint density at radius 1 is 0.565 bits per heavy atom. The molecule has 0 unspecified atom stereocenters. The van der Waals surface area contributed by atoms with Gasteiger partial charge in [0.15, 0.2) is 52.1 Å². The third-order valence-corrected chi connectivity index (χ3v) is 12.9. The van der Waals surface area contributed by atoms with Gasteiger partial charge >= 0.3 is 22.8 Å². The van der Waals surface area contributed by atoms with E-state index < -0.39 is 84.3 Å². The van der Waals surface area contributed by atoms with Gasteiger partial charge in [-0.1, -0.05) is 26.0 Å². The standard InChI is InChI=1S/2C9H13N3O5.2C7H8N6O2.C7H10N6O.C7H8N6O/c2*1-3-5(13)6(14)9(17-3)12-2-11-4(7(10)15)8(12)16;1-8-6(14)4-5-10-11-12(2)7(15)13(5)3-9-4;1-12-7(14)13-4-8-5(3-9-15-2)6(13)10-11-12;2*1-8-3-5-6-10-11-12(2)7(14)13(6)4-9-5/h2*2-3,5-6,9,13-14,16H,1H3,(H2,10,15);3H,1-2H3,(H,8,14);3-4H,1-2H3;4,8H,3H2,1-2H3;3-4H,1-2H3/b;;;9-3-;;/t2*3-,5-,6-,9-;;;;/m11..../s1. The number of imidazole rings is 6. The highest BCUT2D eigenvalue weighted by atomic mass is 16.6. The highest BCUT2D eigenvalue weighted by Gasteiger charge is 2.44. The zero-order valence-corrected chi connectivity index (χ0v) is 50.0. The third-order valence-electron chi connectivity index (χ3n) is 12.9. The molecule has 0 aromatic carbocycles. The van der Waals surface area contributed by atoms with Crippen molar-refractivity contribution in [2.24, 2.45) is 49.8 Å². The fraction of sp³-hybridized carbons (Fsp3) is 0.413. The molecular formula is C46H60N30O16. The van der Waals surface area contributed by atoms with Gasteiger partial charge in [0.25, 0.3) is 17.7 Å². The van der Waals surface area contributed by atoms with Gasteiger partial charge in [0.05, 0.1) is 24.6 Å². The van der Waals surface area contributed by atoms with Crippen LogP contribution in [-0.4, -0.2) is 242 Å².